The fraction of sp³-hybridized carbons (Fsp3) is 0.611. The second-order valence-electron chi connectivity index (χ2n) is 5.88. The predicted octanol–water partition coefficient (Wildman–Crippen LogP) is 3.34. The summed E-state index contributed by atoms with van der Waals surface area (Å²) in [7, 11) is 0. The highest BCUT2D eigenvalue weighted by Gasteiger charge is 2.20. The van der Waals surface area contributed by atoms with Gasteiger partial charge in [0.15, 0.2) is 11.5 Å². The van der Waals surface area contributed by atoms with E-state index in [1.807, 2.05) is 39.0 Å². The van der Waals surface area contributed by atoms with Gasteiger partial charge in [0, 0.05) is 17.8 Å². The van der Waals surface area contributed by atoms with Crippen LogP contribution in [-0.2, 0) is 4.79 Å². The summed E-state index contributed by atoms with van der Waals surface area (Å²) in [5.41, 5.74) is 0.853. The molecule has 1 aromatic rings. The molecule has 1 saturated carbocycles. The molecule has 5 nitrogen and oxygen atoms in total. The zero-order valence-electron chi connectivity index (χ0n) is 14.4. The minimum Gasteiger partial charge on any atom is -0.490 e. The Kier molecular flexibility index (Phi) is 6.56. The molecule has 1 aliphatic carbocycles. The summed E-state index contributed by atoms with van der Waals surface area (Å²) < 4.78 is 11.2. The largest absolute Gasteiger partial charge is 0.490 e. The number of hydrogen-bond donors (Lipinski definition) is 2. The van der Waals surface area contributed by atoms with Crippen LogP contribution in [0.25, 0.3) is 0 Å². The number of carbonyl (C=O) groups is 1. The third kappa shape index (κ3) is 5.05. The number of anilines is 1. The van der Waals surface area contributed by atoms with Crippen molar-refractivity contribution in [2.45, 2.75) is 58.5 Å². The van der Waals surface area contributed by atoms with Gasteiger partial charge in [0.25, 0.3) is 0 Å². The molecule has 0 saturated heterocycles. The van der Waals surface area contributed by atoms with Crippen molar-refractivity contribution >= 4 is 11.6 Å². The summed E-state index contributed by atoms with van der Waals surface area (Å²) in [5, 5.41) is 6.35. The summed E-state index contributed by atoms with van der Waals surface area (Å²) in [4.78, 5) is 12.3. The third-order valence-electron chi connectivity index (χ3n) is 4.02. The van der Waals surface area contributed by atoms with E-state index in [1.165, 1.54) is 12.8 Å². The van der Waals surface area contributed by atoms with Crippen LogP contribution in [-0.4, -0.2) is 31.2 Å². The number of carbonyl (C=O) groups excluding carboxylic acids is 1. The first-order valence-electron chi connectivity index (χ1n) is 8.60. The minimum atomic E-state index is -0.289. The van der Waals surface area contributed by atoms with Gasteiger partial charge in [-0.3, -0.25) is 4.79 Å². The van der Waals surface area contributed by atoms with Gasteiger partial charge >= 0.3 is 0 Å². The lowest BCUT2D eigenvalue weighted by atomic mass is 10.2. The van der Waals surface area contributed by atoms with Gasteiger partial charge in [-0.25, -0.2) is 0 Å². The molecule has 0 aliphatic heterocycles. The Bertz CT molecular complexity index is 513. The SMILES string of the molecule is CCOc1ccc(N[C@H](C)C(=O)NC2CCCC2)cc1OCC. The Morgan fingerprint density at radius 2 is 1.83 bits per heavy atom. The summed E-state index contributed by atoms with van der Waals surface area (Å²) in [5.74, 6) is 1.47. The molecule has 0 spiro atoms. The normalized spacial score (nSPS) is 16.0. The second-order valence-corrected chi connectivity index (χ2v) is 5.88. The minimum absolute atomic E-state index is 0.0451. The number of nitrogens with one attached hydrogen (secondary N) is 2. The monoisotopic (exact) mass is 320 g/mol. The van der Waals surface area contributed by atoms with Crippen LogP contribution in [0.1, 0.15) is 46.5 Å². The summed E-state index contributed by atoms with van der Waals surface area (Å²) in [6.45, 7) is 6.92. The van der Waals surface area contributed by atoms with Crippen molar-refractivity contribution in [1.29, 1.82) is 0 Å². The van der Waals surface area contributed by atoms with E-state index < -0.39 is 0 Å². The maximum Gasteiger partial charge on any atom is 0.242 e. The van der Waals surface area contributed by atoms with Crippen molar-refractivity contribution in [3.8, 4) is 11.5 Å². The number of rotatable bonds is 8. The van der Waals surface area contributed by atoms with Crippen LogP contribution in [0, 0.1) is 0 Å². The lowest BCUT2D eigenvalue weighted by Crippen LogP contribution is -2.42. The molecular formula is C18H28N2O3. The van der Waals surface area contributed by atoms with E-state index in [1.54, 1.807) is 0 Å². The topological polar surface area (TPSA) is 59.6 Å². The smallest absolute Gasteiger partial charge is 0.242 e. The van der Waals surface area contributed by atoms with Crippen molar-refractivity contribution in [3.05, 3.63) is 18.2 Å². The van der Waals surface area contributed by atoms with E-state index in [4.69, 9.17) is 9.47 Å². The van der Waals surface area contributed by atoms with Crippen LogP contribution in [0.5, 0.6) is 11.5 Å². The van der Waals surface area contributed by atoms with Crippen LogP contribution in [0.15, 0.2) is 18.2 Å². The van der Waals surface area contributed by atoms with Gasteiger partial charge in [-0.1, -0.05) is 12.8 Å². The molecule has 0 radical (unpaired) electrons. The highest BCUT2D eigenvalue weighted by atomic mass is 16.5. The zero-order valence-corrected chi connectivity index (χ0v) is 14.4. The quantitative estimate of drug-likeness (QED) is 0.771. The van der Waals surface area contributed by atoms with E-state index in [0.29, 0.717) is 25.0 Å². The maximum atomic E-state index is 12.3. The van der Waals surface area contributed by atoms with Gasteiger partial charge in [-0.05, 0) is 45.7 Å². The Morgan fingerprint density at radius 1 is 1.17 bits per heavy atom. The average molecular weight is 320 g/mol. The molecule has 0 unspecified atom stereocenters. The van der Waals surface area contributed by atoms with Gasteiger partial charge in [-0.15, -0.1) is 0 Å². The van der Waals surface area contributed by atoms with E-state index >= 15 is 0 Å². The molecule has 23 heavy (non-hydrogen) atoms. The van der Waals surface area contributed by atoms with Crippen LogP contribution in [0.2, 0.25) is 0 Å². The van der Waals surface area contributed by atoms with Crippen molar-refractivity contribution in [2.24, 2.45) is 0 Å². The van der Waals surface area contributed by atoms with E-state index in [0.717, 1.165) is 24.3 Å². The molecule has 128 valence electrons. The van der Waals surface area contributed by atoms with Crippen LogP contribution in [0.3, 0.4) is 0 Å². The molecule has 2 N–H and O–H groups in total. The maximum absolute atomic E-state index is 12.3. The van der Waals surface area contributed by atoms with Crippen molar-refractivity contribution in [1.82, 2.24) is 5.32 Å². The fourth-order valence-corrected chi connectivity index (χ4v) is 2.85. The fourth-order valence-electron chi connectivity index (χ4n) is 2.85. The first kappa shape index (κ1) is 17.4. The predicted molar refractivity (Wildman–Crippen MR) is 92.3 cm³/mol. The lowest BCUT2D eigenvalue weighted by Gasteiger charge is -2.19. The lowest BCUT2D eigenvalue weighted by molar-refractivity contribution is -0.122. The summed E-state index contributed by atoms with van der Waals surface area (Å²) in [6.07, 6.45) is 4.61. The van der Waals surface area contributed by atoms with Gasteiger partial charge in [-0.2, -0.15) is 0 Å². The number of hydrogen-bond acceptors (Lipinski definition) is 4. The first-order valence-corrected chi connectivity index (χ1v) is 8.60. The van der Waals surface area contributed by atoms with Gasteiger partial charge in [0.1, 0.15) is 6.04 Å². The zero-order chi connectivity index (χ0) is 16.7. The second kappa shape index (κ2) is 8.65. The molecule has 5 heteroatoms. The van der Waals surface area contributed by atoms with Crippen molar-refractivity contribution in [2.75, 3.05) is 18.5 Å². The van der Waals surface area contributed by atoms with E-state index in [-0.39, 0.29) is 11.9 Å². The molecule has 1 fully saturated rings. The molecule has 1 aliphatic rings. The average Bonchev–Trinajstić information content (AvgIpc) is 3.03. The van der Waals surface area contributed by atoms with Crippen LogP contribution in [0.4, 0.5) is 5.69 Å². The number of benzene rings is 1. The van der Waals surface area contributed by atoms with E-state index in [9.17, 15) is 4.79 Å². The molecule has 1 amide bonds. The van der Waals surface area contributed by atoms with Gasteiger partial charge < -0.3 is 20.1 Å². The molecule has 2 rings (SSSR count). The summed E-state index contributed by atoms with van der Waals surface area (Å²) in [6, 6.07) is 5.72. The standard InChI is InChI=1S/C18H28N2O3/c1-4-22-16-11-10-15(12-17(16)23-5-2)19-13(3)18(21)20-14-8-6-7-9-14/h10-14,19H,4-9H2,1-3H3,(H,20,21)/t13-/m1/s1. The molecular weight excluding hydrogens is 292 g/mol. The van der Waals surface area contributed by atoms with Gasteiger partial charge in [0.2, 0.25) is 5.91 Å². The number of ether oxygens (including phenoxy) is 2. The Hall–Kier alpha value is -1.91. The van der Waals surface area contributed by atoms with E-state index in [2.05, 4.69) is 10.6 Å². The Balaban J connectivity index is 1.97. The Morgan fingerprint density at radius 3 is 2.48 bits per heavy atom. The molecule has 0 aromatic heterocycles. The highest BCUT2D eigenvalue weighted by molar-refractivity contribution is 5.84. The molecule has 0 heterocycles. The number of amides is 1. The summed E-state index contributed by atoms with van der Waals surface area (Å²) >= 11 is 0. The third-order valence-corrected chi connectivity index (χ3v) is 4.02. The van der Waals surface area contributed by atoms with Crippen LogP contribution >= 0.6 is 0 Å². The van der Waals surface area contributed by atoms with Crippen LogP contribution < -0.4 is 20.1 Å². The molecule has 1 aromatic carbocycles. The van der Waals surface area contributed by atoms with Crippen molar-refractivity contribution in [3.63, 3.8) is 0 Å². The van der Waals surface area contributed by atoms with Crippen molar-refractivity contribution < 1.29 is 14.3 Å². The first-order chi connectivity index (χ1) is 11.1. The highest BCUT2D eigenvalue weighted by Crippen LogP contribution is 2.31. The molecule has 1 atom stereocenters. The van der Waals surface area contributed by atoms with Gasteiger partial charge in [0.05, 0.1) is 13.2 Å². The Labute approximate surface area is 138 Å². The molecule has 0 bridgehead atoms.